The van der Waals surface area contributed by atoms with Crippen molar-refractivity contribution in [2.45, 2.75) is 39.7 Å². The molecule has 7 heteroatoms. The maximum Gasteiger partial charge on any atom is 0.245 e. The summed E-state index contributed by atoms with van der Waals surface area (Å²) in [4.78, 5) is 39.5. The van der Waals surface area contributed by atoms with Crippen molar-refractivity contribution in [3.05, 3.63) is 0 Å². The molecule has 1 aliphatic heterocycles. The highest BCUT2D eigenvalue weighted by Gasteiger charge is 2.28. The predicted molar refractivity (Wildman–Crippen MR) is 88.8 cm³/mol. The summed E-state index contributed by atoms with van der Waals surface area (Å²) in [5.41, 5.74) is 0. The second-order valence-electron chi connectivity index (χ2n) is 6.61. The standard InChI is InChI=1S/C16H30N4O3/c1-12(2)11-14(18-15(22)5-6-17-13(3)21)16(23)20-9-7-19(4)8-10-20/h12,14H,5-11H2,1-4H3,(H,17,21)(H,18,22). The first-order valence-corrected chi connectivity index (χ1v) is 8.30. The van der Waals surface area contributed by atoms with Crippen LogP contribution in [0.5, 0.6) is 0 Å². The minimum atomic E-state index is -0.483. The van der Waals surface area contributed by atoms with Gasteiger partial charge in [0.2, 0.25) is 17.7 Å². The molecule has 0 aliphatic carbocycles. The zero-order valence-corrected chi connectivity index (χ0v) is 14.7. The van der Waals surface area contributed by atoms with Crippen LogP contribution in [-0.4, -0.2) is 73.3 Å². The number of rotatable bonds is 7. The number of hydrogen-bond acceptors (Lipinski definition) is 4. The van der Waals surface area contributed by atoms with Crippen LogP contribution in [0.2, 0.25) is 0 Å². The zero-order chi connectivity index (χ0) is 17.4. The fraction of sp³-hybridized carbons (Fsp3) is 0.812. The molecule has 0 radical (unpaired) electrons. The molecule has 1 fully saturated rings. The molecule has 23 heavy (non-hydrogen) atoms. The third-order valence-corrected chi connectivity index (χ3v) is 3.88. The van der Waals surface area contributed by atoms with Crippen LogP contribution >= 0.6 is 0 Å². The van der Waals surface area contributed by atoms with Gasteiger partial charge in [0.05, 0.1) is 0 Å². The number of amides is 3. The van der Waals surface area contributed by atoms with Crippen LogP contribution in [0.1, 0.15) is 33.6 Å². The Hall–Kier alpha value is -1.63. The third kappa shape index (κ3) is 7.45. The Morgan fingerprint density at radius 1 is 1.09 bits per heavy atom. The Labute approximate surface area is 138 Å². The van der Waals surface area contributed by atoms with Crippen molar-refractivity contribution >= 4 is 17.7 Å². The molecule has 1 heterocycles. The Morgan fingerprint density at radius 2 is 1.70 bits per heavy atom. The van der Waals surface area contributed by atoms with Crippen LogP contribution in [-0.2, 0) is 14.4 Å². The van der Waals surface area contributed by atoms with Gasteiger partial charge in [0, 0.05) is 46.1 Å². The van der Waals surface area contributed by atoms with Gasteiger partial charge in [-0.3, -0.25) is 14.4 Å². The first-order valence-electron chi connectivity index (χ1n) is 8.30. The number of carbonyl (C=O) groups is 3. The summed E-state index contributed by atoms with van der Waals surface area (Å²) in [5, 5.41) is 5.42. The molecule has 1 unspecified atom stereocenters. The van der Waals surface area contributed by atoms with E-state index in [1.54, 1.807) is 0 Å². The zero-order valence-electron chi connectivity index (χ0n) is 14.7. The summed E-state index contributed by atoms with van der Waals surface area (Å²) < 4.78 is 0. The number of hydrogen-bond donors (Lipinski definition) is 2. The number of nitrogens with one attached hydrogen (secondary N) is 2. The highest BCUT2D eigenvalue weighted by Crippen LogP contribution is 2.10. The van der Waals surface area contributed by atoms with E-state index in [9.17, 15) is 14.4 Å². The molecule has 0 aromatic heterocycles. The van der Waals surface area contributed by atoms with E-state index in [0.29, 0.717) is 25.4 Å². The van der Waals surface area contributed by atoms with E-state index in [2.05, 4.69) is 15.5 Å². The highest BCUT2D eigenvalue weighted by atomic mass is 16.2. The molecule has 7 nitrogen and oxygen atoms in total. The Kier molecular flexibility index (Phi) is 8.02. The van der Waals surface area contributed by atoms with Crippen LogP contribution < -0.4 is 10.6 Å². The minimum absolute atomic E-state index is 0.000299. The van der Waals surface area contributed by atoms with Crippen LogP contribution in [0.25, 0.3) is 0 Å². The van der Waals surface area contributed by atoms with Gasteiger partial charge in [-0.25, -0.2) is 0 Å². The van der Waals surface area contributed by atoms with E-state index in [4.69, 9.17) is 0 Å². The van der Waals surface area contributed by atoms with E-state index in [-0.39, 0.29) is 30.7 Å². The fourth-order valence-electron chi connectivity index (χ4n) is 2.56. The average Bonchev–Trinajstić information content (AvgIpc) is 2.45. The van der Waals surface area contributed by atoms with Gasteiger partial charge >= 0.3 is 0 Å². The normalized spacial score (nSPS) is 17.0. The van der Waals surface area contributed by atoms with Crippen LogP contribution in [0.3, 0.4) is 0 Å². The van der Waals surface area contributed by atoms with Crippen LogP contribution in [0, 0.1) is 5.92 Å². The van der Waals surface area contributed by atoms with E-state index < -0.39 is 6.04 Å². The average molecular weight is 326 g/mol. The molecular weight excluding hydrogens is 296 g/mol. The van der Waals surface area contributed by atoms with E-state index in [1.165, 1.54) is 6.92 Å². The molecule has 0 saturated carbocycles. The lowest BCUT2D eigenvalue weighted by Gasteiger charge is -2.35. The lowest BCUT2D eigenvalue weighted by Crippen LogP contribution is -2.54. The molecular formula is C16H30N4O3. The second kappa shape index (κ2) is 9.50. The van der Waals surface area contributed by atoms with Crippen molar-refractivity contribution in [3.63, 3.8) is 0 Å². The van der Waals surface area contributed by atoms with Gasteiger partial charge in [-0.2, -0.15) is 0 Å². The summed E-state index contributed by atoms with van der Waals surface area (Å²) in [6.07, 6.45) is 0.807. The number of piperazine rings is 1. The molecule has 0 aromatic rings. The fourth-order valence-corrected chi connectivity index (χ4v) is 2.56. The summed E-state index contributed by atoms with van der Waals surface area (Å²) in [6, 6.07) is -0.483. The van der Waals surface area contributed by atoms with E-state index in [1.807, 2.05) is 25.8 Å². The van der Waals surface area contributed by atoms with Crippen molar-refractivity contribution in [2.24, 2.45) is 5.92 Å². The predicted octanol–water partition coefficient (Wildman–Crippen LogP) is -0.182. The quantitative estimate of drug-likeness (QED) is 0.680. The summed E-state index contributed by atoms with van der Waals surface area (Å²) in [7, 11) is 2.04. The van der Waals surface area contributed by atoms with Crippen molar-refractivity contribution in [1.82, 2.24) is 20.4 Å². The van der Waals surface area contributed by atoms with Gasteiger partial charge in [0.1, 0.15) is 6.04 Å². The third-order valence-electron chi connectivity index (χ3n) is 3.88. The smallest absolute Gasteiger partial charge is 0.245 e. The topological polar surface area (TPSA) is 81.8 Å². The minimum Gasteiger partial charge on any atom is -0.356 e. The highest BCUT2D eigenvalue weighted by molar-refractivity contribution is 5.88. The van der Waals surface area contributed by atoms with Gasteiger partial charge in [0.15, 0.2) is 0 Å². The number of likely N-dealkylation sites (N-methyl/N-ethyl adjacent to an activating group) is 1. The van der Waals surface area contributed by atoms with E-state index in [0.717, 1.165) is 13.1 Å². The Balaban J connectivity index is 2.55. The largest absolute Gasteiger partial charge is 0.356 e. The first kappa shape index (κ1) is 19.4. The molecule has 0 bridgehead atoms. The lowest BCUT2D eigenvalue weighted by molar-refractivity contribution is -0.138. The van der Waals surface area contributed by atoms with Crippen molar-refractivity contribution in [1.29, 1.82) is 0 Å². The van der Waals surface area contributed by atoms with Crippen LogP contribution in [0.4, 0.5) is 0 Å². The van der Waals surface area contributed by atoms with E-state index >= 15 is 0 Å². The molecule has 3 amide bonds. The molecule has 1 atom stereocenters. The Morgan fingerprint density at radius 3 is 2.22 bits per heavy atom. The molecule has 0 spiro atoms. The van der Waals surface area contributed by atoms with Crippen molar-refractivity contribution < 1.29 is 14.4 Å². The summed E-state index contributed by atoms with van der Waals surface area (Å²) in [5.74, 6) is -0.0522. The molecule has 1 rings (SSSR count). The maximum absolute atomic E-state index is 12.7. The second-order valence-corrected chi connectivity index (χ2v) is 6.61. The maximum atomic E-state index is 12.7. The van der Waals surface area contributed by atoms with Gasteiger partial charge in [-0.15, -0.1) is 0 Å². The van der Waals surface area contributed by atoms with Crippen LogP contribution in [0.15, 0.2) is 0 Å². The SMILES string of the molecule is CC(=O)NCCC(=O)NC(CC(C)C)C(=O)N1CCN(C)CC1. The summed E-state index contributed by atoms with van der Waals surface area (Å²) in [6.45, 7) is 8.89. The van der Waals surface area contributed by atoms with Gasteiger partial charge < -0.3 is 20.4 Å². The molecule has 0 aromatic carbocycles. The molecule has 1 saturated heterocycles. The first-order chi connectivity index (χ1) is 10.8. The van der Waals surface area contributed by atoms with Crippen molar-refractivity contribution in [2.75, 3.05) is 39.8 Å². The number of nitrogens with zero attached hydrogens (tertiary/aromatic N) is 2. The monoisotopic (exact) mass is 326 g/mol. The lowest BCUT2D eigenvalue weighted by atomic mass is 10.0. The van der Waals surface area contributed by atoms with Gasteiger partial charge in [-0.1, -0.05) is 13.8 Å². The molecule has 132 valence electrons. The van der Waals surface area contributed by atoms with Crippen molar-refractivity contribution in [3.8, 4) is 0 Å². The summed E-state index contributed by atoms with van der Waals surface area (Å²) >= 11 is 0. The van der Waals surface area contributed by atoms with Gasteiger partial charge in [-0.05, 0) is 19.4 Å². The van der Waals surface area contributed by atoms with Gasteiger partial charge in [0.25, 0.3) is 0 Å². The molecule has 1 aliphatic rings. The Bertz CT molecular complexity index is 418. The number of carbonyl (C=O) groups excluding carboxylic acids is 3. The molecule has 2 N–H and O–H groups in total.